The molecule has 0 aliphatic heterocycles. The average Bonchev–Trinajstić information content (AvgIpc) is 2.51. The molecular weight excluding hydrogens is 287 g/mol. The Hall–Kier alpha value is -1.62. The Bertz CT molecular complexity index is 727. The Morgan fingerprint density at radius 2 is 2.10 bits per heavy atom. The number of hydrogen-bond donors (Lipinski definition) is 1. The van der Waals surface area contributed by atoms with E-state index in [1.807, 2.05) is 6.92 Å². The molecule has 0 unspecified atom stereocenters. The number of halogens is 1. The van der Waals surface area contributed by atoms with Crippen LogP contribution >= 0.6 is 11.8 Å². The quantitative estimate of drug-likeness (QED) is 0.698. The first-order valence-corrected chi connectivity index (χ1v) is 8.12. The second kappa shape index (κ2) is 6.02. The van der Waals surface area contributed by atoms with Crippen molar-refractivity contribution in [2.24, 2.45) is 0 Å². The molecule has 1 aliphatic carbocycles. The lowest BCUT2D eigenvalue weighted by Gasteiger charge is -2.20. The van der Waals surface area contributed by atoms with Crippen molar-refractivity contribution in [2.75, 3.05) is 0 Å². The van der Waals surface area contributed by atoms with Crippen LogP contribution < -0.4 is 5.56 Å². The largest absolute Gasteiger partial charge is 0.317 e. The van der Waals surface area contributed by atoms with E-state index in [0.29, 0.717) is 11.3 Å². The van der Waals surface area contributed by atoms with Crippen molar-refractivity contribution in [3.63, 3.8) is 0 Å². The van der Waals surface area contributed by atoms with Gasteiger partial charge in [0.2, 0.25) is 5.95 Å². The Morgan fingerprint density at radius 1 is 1.33 bits per heavy atom. The van der Waals surface area contributed by atoms with Crippen LogP contribution in [-0.4, -0.2) is 9.97 Å². The fraction of sp³-hybridized carbons (Fsp3) is 0.375. The summed E-state index contributed by atoms with van der Waals surface area (Å²) in [5.74, 6) is 0.0406. The van der Waals surface area contributed by atoms with Crippen LogP contribution in [0.3, 0.4) is 0 Å². The minimum atomic E-state index is -0.437. The maximum Gasteiger partial charge on any atom is 0.251 e. The summed E-state index contributed by atoms with van der Waals surface area (Å²) in [6.07, 6.45) is 5.69. The first kappa shape index (κ1) is 14.3. The number of thioether (sulfide) groups is 1. The van der Waals surface area contributed by atoms with Crippen molar-refractivity contribution < 1.29 is 4.39 Å². The van der Waals surface area contributed by atoms with Crippen LogP contribution in [0.1, 0.15) is 35.1 Å². The summed E-state index contributed by atoms with van der Waals surface area (Å²) in [6.45, 7) is 1.89. The SMILES string of the molecule is Cc1c2c(c(SCc3cccnc3F)[nH]c1=O)CCCC2. The molecule has 0 saturated carbocycles. The van der Waals surface area contributed by atoms with Crippen molar-refractivity contribution in [3.05, 3.63) is 56.9 Å². The average molecular weight is 304 g/mol. The van der Waals surface area contributed by atoms with Gasteiger partial charge in [-0.1, -0.05) is 6.07 Å². The second-order valence-corrected chi connectivity index (χ2v) is 6.30. The van der Waals surface area contributed by atoms with E-state index in [1.54, 1.807) is 12.1 Å². The van der Waals surface area contributed by atoms with Crippen LogP contribution in [0.25, 0.3) is 0 Å². The maximum absolute atomic E-state index is 13.6. The van der Waals surface area contributed by atoms with E-state index < -0.39 is 5.95 Å². The Labute approximate surface area is 127 Å². The predicted octanol–water partition coefficient (Wildman–Crippen LogP) is 3.39. The third kappa shape index (κ3) is 2.88. The molecule has 110 valence electrons. The monoisotopic (exact) mass is 304 g/mol. The number of fused-ring (bicyclic) bond motifs is 1. The van der Waals surface area contributed by atoms with Crippen LogP contribution in [0.5, 0.6) is 0 Å². The van der Waals surface area contributed by atoms with Crippen molar-refractivity contribution >= 4 is 11.8 Å². The van der Waals surface area contributed by atoms with Gasteiger partial charge in [-0.2, -0.15) is 4.39 Å². The lowest BCUT2D eigenvalue weighted by Crippen LogP contribution is -2.19. The normalized spacial score (nSPS) is 14.0. The van der Waals surface area contributed by atoms with Gasteiger partial charge in [-0.15, -0.1) is 11.8 Å². The summed E-state index contributed by atoms with van der Waals surface area (Å²) in [7, 11) is 0. The van der Waals surface area contributed by atoms with Crippen molar-refractivity contribution in [1.82, 2.24) is 9.97 Å². The molecule has 0 spiro atoms. The van der Waals surface area contributed by atoms with E-state index >= 15 is 0 Å². The van der Waals surface area contributed by atoms with Gasteiger partial charge in [0.25, 0.3) is 5.56 Å². The van der Waals surface area contributed by atoms with Crippen LogP contribution in [0.2, 0.25) is 0 Å². The molecular formula is C16H17FN2OS. The van der Waals surface area contributed by atoms with Gasteiger partial charge in [-0.3, -0.25) is 4.79 Å². The molecule has 2 heterocycles. The fourth-order valence-electron chi connectivity index (χ4n) is 2.78. The highest BCUT2D eigenvalue weighted by Crippen LogP contribution is 2.31. The second-order valence-electron chi connectivity index (χ2n) is 5.31. The molecule has 0 saturated heterocycles. The molecule has 21 heavy (non-hydrogen) atoms. The molecule has 1 aliphatic rings. The summed E-state index contributed by atoms with van der Waals surface area (Å²) in [5.41, 5.74) is 3.81. The van der Waals surface area contributed by atoms with E-state index in [0.717, 1.165) is 36.3 Å². The molecule has 0 radical (unpaired) electrons. The highest BCUT2D eigenvalue weighted by molar-refractivity contribution is 7.98. The Balaban J connectivity index is 1.91. The zero-order chi connectivity index (χ0) is 14.8. The number of aromatic amines is 1. The summed E-state index contributed by atoms with van der Waals surface area (Å²) >= 11 is 1.49. The molecule has 3 rings (SSSR count). The number of H-pyrrole nitrogens is 1. The van der Waals surface area contributed by atoms with Gasteiger partial charge in [0.05, 0.1) is 5.03 Å². The highest BCUT2D eigenvalue weighted by atomic mass is 32.2. The van der Waals surface area contributed by atoms with Crippen molar-refractivity contribution in [2.45, 2.75) is 43.4 Å². The minimum absolute atomic E-state index is 0.0233. The van der Waals surface area contributed by atoms with Crippen LogP contribution in [0.4, 0.5) is 4.39 Å². The van der Waals surface area contributed by atoms with Gasteiger partial charge in [-0.25, -0.2) is 4.98 Å². The molecule has 0 bridgehead atoms. The molecule has 0 amide bonds. The number of nitrogens with one attached hydrogen (secondary N) is 1. The van der Waals surface area contributed by atoms with E-state index in [-0.39, 0.29) is 5.56 Å². The number of aromatic nitrogens is 2. The van der Waals surface area contributed by atoms with Gasteiger partial charge >= 0.3 is 0 Å². The van der Waals surface area contributed by atoms with Crippen LogP contribution in [0, 0.1) is 12.9 Å². The summed E-state index contributed by atoms with van der Waals surface area (Å²) in [4.78, 5) is 18.7. The lowest BCUT2D eigenvalue weighted by atomic mass is 9.90. The Kier molecular flexibility index (Phi) is 4.10. The molecule has 0 atom stereocenters. The molecule has 2 aromatic rings. The third-order valence-electron chi connectivity index (χ3n) is 3.97. The number of rotatable bonds is 3. The van der Waals surface area contributed by atoms with Gasteiger partial charge in [0.1, 0.15) is 0 Å². The van der Waals surface area contributed by atoms with Crippen molar-refractivity contribution in [1.29, 1.82) is 0 Å². The van der Waals surface area contributed by atoms with Crippen LogP contribution in [0.15, 0.2) is 28.2 Å². The lowest BCUT2D eigenvalue weighted by molar-refractivity contribution is 0.573. The first-order chi connectivity index (χ1) is 10.2. The molecule has 1 N–H and O–H groups in total. The predicted molar refractivity (Wildman–Crippen MR) is 82.2 cm³/mol. The maximum atomic E-state index is 13.6. The fourth-order valence-corrected chi connectivity index (χ4v) is 3.86. The third-order valence-corrected chi connectivity index (χ3v) is 5.06. The Morgan fingerprint density at radius 3 is 2.86 bits per heavy atom. The minimum Gasteiger partial charge on any atom is -0.317 e. The molecule has 2 aromatic heterocycles. The van der Waals surface area contributed by atoms with E-state index in [1.165, 1.54) is 29.1 Å². The van der Waals surface area contributed by atoms with Gasteiger partial charge in [0, 0.05) is 23.1 Å². The smallest absolute Gasteiger partial charge is 0.251 e. The van der Waals surface area contributed by atoms with Gasteiger partial charge < -0.3 is 4.98 Å². The zero-order valence-electron chi connectivity index (χ0n) is 11.9. The standard InChI is InChI=1S/C16H17FN2OS/c1-10-12-6-2-3-7-13(12)16(19-15(10)20)21-9-11-5-4-8-18-14(11)17/h4-5,8H,2-3,6-7,9H2,1H3,(H,19,20). The van der Waals surface area contributed by atoms with E-state index in [9.17, 15) is 9.18 Å². The molecule has 5 heteroatoms. The van der Waals surface area contributed by atoms with E-state index in [4.69, 9.17) is 0 Å². The molecule has 0 aromatic carbocycles. The zero-order valence-corrected chi connectivity index (χ0v) is 12.7. The van der Waals surface area contributed by atoms with Crippen molar-refractivity contribution in [3.8, 4) is 0 Å². The topological polar surface area (TPSA) is 45.8 Å². The summed E-state index contributed by atoms with van der Waals surface area (Å²) in [6, 6.07) is 3.46. The van der Waals surface area contributed by atoms with Crippen LogP contribution in [-0.2, 0) is 18.6 Å². The summed E-state index contributed by atoms with van der Waals surface area (Å²) in [5, 5.41) is 0.892. The molecule has 0 fully saturated rings. The van der Waals surface area contributed by atoms with E-state index in [2.05, 4.69) is 9.97 Å². The molecule has 3 nitrogen and oxygen atoms in total. The highest BCUT2D eigenvalue weighted by Gasteiger charge is 2.18. The van der Waals surface area contributed by atoms with Gasteiger partial charge in [-0.05, 0) is 49.8 Å². The van der Waals surface area contributed by atoms with Gasteiger partial charge in [0.15, 0.2) is 0 Å². The number of pyridine rings is 2. The number of hydrogen-bond acceptors (Lipinski definition) is 3. The first-order valence-electron chi connectivity index (χ1n) is 7.13. The number of nitrogens with zero attached hydrogens (tertiary/aromatic N) is 1. The summed E-state index contributed by atoms with van der Waals surface area (Å²) < 4.78 is 13.6.